The molecule has 27 heavy (non-hydrogen) atoms. The summed E-state index contributed by atoms with van der Waals surface area (Å²) in [5.74, 6) is 1.35. The zero-order valence-electron chi connectivity index (χ0n) is 15.2. The Hall–Kier alpha value is -2.79. The molecule has 0 N–H and O–H groups in total. The third-order valence-electron chi connectivity index (χ3n) is 4.86. The maximum atomic E-state index is 12.2. The van der Waals surface area contributed by atoms with E-state index in [-0.39, 0.29) is 5.75 Å². The highest BCUT2D eigenvalue weighted by atomic mass is 32.2. The first-order chi connectivity index (χ1) is 12.9. The molecule has 0 atom stereocenters. The van der Waals surface area contributed by atoms with Crippen molar-refractivity contribution in [2.75, 3.05) is 16.6 Å². The molecule has 1 aliphatic heterocycles. The smallest absolute Gasteiger partial charge is 0.235 e. The molecule has 1 fully saturated rings. The number of benzene rings is 3. The van der Waals surface area contributed by atoms with Gasteiger partial charge in [0.1, 0.15) is 11.5 Å². The van der Waals surface area contributed by atoms with Crippen molar-refractivity contribution in [3.8, 4) is 5.75 Å². The van der Waals surface area contributed by atoms with Gasteiger partial charge in [-0.15, -0.1) is 0 Å². The van der Waals surface area contributed by atoms with Crippen molar-refractivity contribution in [1.29, 1.82) is 0 Å². The molecule has 4 rings (SSSR count). The van der Waals surface area contributed by atoms with Gasteiger partial charge in [-0.2, -0.15) is 0 Å². The van der Waals surface area contributed by atoms with Crippen LogP contribution in [0.2, 0.25) is 0 Å². The summed E-state index contributed by atoms with van der Waals surface area (Å²) >= 11 is 0. The van der Waals surface area contributed by atoms with E-state index in [1.165, 1.54) is 4.31 Å². The van der Waals surface area contributed by atoms with Crippen molar-refractivity contribution in [2.24, 2.45) is 0 Å². The predicted molar refractivity (Wildman–Crippen MR) is 111 cm³/mol. The van der Waals surface area contributed by atoms with Crippen molar-refractivity contribution in [3.05, 3.63) is 78.4 Å². The summed E-state index contributed by atoms with van der Waals surface area (Å²) in [6, 6.07) is 19.7. The normalized spacial score (nSPS) is 15.8. The van der Waals surface area contributed by atoms with Gasteiger partial charge in [0, 0.05) is 18.2 Å². The Morgan fingerprint density at radius 3 is 2.56 bits per heavy atom. The van der Waals surface area contributed by atoms with Gasteiger partial charge < -0.3 is 4.74 Å². The highest BCUT2D eigenvalue weighted by molar-refractivity contribution is 7.93. The maximum Gasteiger partial charge on any atom is 0.235 e. The molecule has 0 aromatic heterocycles. The summed E-state index contributed by atoms with van der Waals surface area (Å²) in [6.07, 6.45) is 0.649. The lowest BCUT2D eigenvalue weighted by Crippen LogP contribution is -2.25. The Morgan fingerprint density at radius 2 is 1.81 bits per heavy atom. The number of ether oxygens (including phenoxy) is 1. The summed E-state index contributed by atoms with van der Waals surface area (Å²) in [5.41, 5.74) is 2.46. The van der Waals surface area contributed by atoms with Crippen LogP contribution in [0.15, 0.2) is 67.2 Å². The Balaban J connectivity index is 1.63. The number of fused-ring (bicyclic) bond motifs is 1. The minimum absolute atomic E-state index is 0.195. The molecule has 4 nitrogen and oxygen atoms in total. The van der Waals surface area contributed by atoms with Gasteiger partial charge in [-0.25, -0.2) is 8.42 Å². The second-order valence-electron chi connectivity index (χ2n) is 6.78. The molecule has 0 saturated carbocycles. The second-order valence-corrected chi connectivity index (χ2v) is 8.79. The molecule has 1 aliphatic rings. The van der Waals surface area contributed by atoms with Crippen LogP contribution in [0.25, 0.3) is 16.5 Å². The molecule has 0 bridgehead atoms. The lowest BCUT2D eigenvalue weighted by Gasteiger charge is -2.19. The van der Waals surface area contributed by atoms with Crippen LogP contribution in [-0.2, 0) is 10.0 Å². The van der Waals surface area contributed by atoms with Crippen molar-refractivity contribution in [1.82, 2.24) is 0 Å². The monoisotopic (exact) mass is 379 g/mol. The van der Waals surface area contributed by atoms with Crippen LogP contribution in [0.5, 0.6) is 5.75 Å². The zero-order valence-corrected chi connectivity index (χ0v) is 16.0. The van der Waals surface area contributed by atoms with Crippen LogP contribution in [0.3, 0.4) is 0 Å². The molecule has 5 heteroatoms. The molecule has 0 spiro atoms. The summed E-state index contributed by atoms with van der Waals surface area (Å²) in [4.78, 5) is 0. The lowest BCUT2D eigenvalue weighted by atomic mass is 10.1. The van der Waals surface area contributed by atoms with Gasteiger partial charge in [0.15, 0.2) is 0 Å². The lowest BCUT2D eigenvalue weighted by molar-refractivity contribution is 0.512. The molecule has 0 aliphatic carbocycles. The standard InChI is InChI=1S/C22H21NO3S/c1-16-8-11-21(23-12-5-13-27(23,24)25)15-22(16)26-17(2)19-10-9-18-6-3-4-7-20(18)14-19/h3-4,6-11,14-15H,2,5,12-13H2,1H3. The van der Waals surface area contributed by atoms with E-state index in [0.29, 0.717) is 30.2 Å². The van der Waals surface area contributed by atoms with Gasteiger partial charge in [0.25, 0.3) is 0 Å². The first-order valence-electron chi connectivity index (χ1n) is 8.91. The Labute approximate surface area is 159 Å². The first-order valence-corrected chi connectivity index (χ1v) is 10.5. The number of rotatable bonds is 4. The molecule has 0 radical (unpaired) electrons. The molecular formula is C22H21NO3S. The average Bonchev–Trinajstić information content (AvgIpc) is 3.02. The predicted octanol–water partition coefficient (Wildman–Crippen LogP) is 4.74. The molecule has 3 aromatic carbocycles. The van der Waals surface area contributed by atoms with Gasteiger partial charge in [0.2, 0.25) is 10.0 Å². The molecule has 0 amide bonds. The maximum absolute atomic E-state index is 12.2. The van der Waals surface area contributed by atoms with E-state index in [0.717, 1.165) is 21.9 Å². The van der Waals surface area contributed by atoms with E-state index in [4.69, 9.17) is 4.74 Å². The van der Waals surface area contributed by atoms with Gasteiger partial charge in [-0.1, -0.05) is 49.0 Å². The second kappa shape index (κ2) is 6.74. The summed E-state index contributed by atoms with van der Waals surface area (Å²) in [7, 11) is -3.22. The average molecular weight is 379 g/mol. The van der Waals surface area contributed by atoms with Gasteiger partial charge >= 0.3 is 0 Å². The molecule has 0 unspecified atom stereocenters. The first kappa shape index (κ1) is 17.6. The number of nitrogens with zero attached hydrogens (tertiary/aromatic N) is 1. The number of sulfonamides is 1. The molecular weight excluding hydrogens is 358 g/mol. The number of anilines is 1. The minimum atomic E-state index is -3.22. The highest BCUT2D eigenvalue weighted by Gasteiger charge is 2.28. The SMILES string of the molecule is C=C(Oc1cc(N2CCCS2(=O)=O)ccc1C)c1ccc2ccccc2c1. The van der Waals surface area contributed by atoms with E-state index in [9.17, 15) is 8.42 Å². The van der Waals surface area contributed by atoms with Crippen molar-refractivity contribution >= 4 is 32.2 Å². The number of aryl methyl sites for hydroxylation is 1. The van der Waals surface area contributed by atoms with Crippen LogP contribution in [0, 0.1) is 6.92 Å². The van der Waals surface area contributed by atoms with Crippen LogP contribution >= 0.6 is 0 Å². The van der Waals surface area contributed by atoms with Gasteiger partial charge in [-0.3, -0.25) is 4.31 Å². The Morgan fingerprint density at radius 1 is 1.04 bits per heavy atom. The topological polar surface area (TPSA) is 46.6 Å². The van der Waals surface area contributed by atoms with Crippen LogP contribution in [0.1, 0.15) is 17.5 Å². The minimum Gasteiger partial charge on any atom is -0.457 e. The third-order valence-corrected chi connectivity index (χ3v) is 6.73. The third kappa shape index (κ3) is 3.43. The summed E-state index contributed by atoms with van der Waals surface area (Å²) in [5, 5.41) is 2.28. The van der Waals surface area contributed by atoms with E-state index < -0.39 is 10.0 Å². The van der Waals surface area contributed by atoms with Crippen LogP contribution < -0.4 is 9.04 Å². The van der Waals surface area contributed by atoms with E-state index in [1.807, 2.05) is 49.4 Å². The summed E-state index contributed by atoms with van der Waals surface area (Å²) < 4.78 is 31.9. The molecule has 138 valence electrons. The fourth-order valence-corrected chi connectivity index (χ4v) is 4.89. The van der Waals surface area contributed by atoms with Crippen molar-refractivity contribution < 1.29 is 13.2 Å². The van der Waals surface area contributed by atoms with E-state index in [1.54, 1.807) is 6.07 Å². The van der Waals surface area contributed by atoms with Crippen molar-refractivity contribution in [2.45, 2.75) is 13.3 Å². The Kier molecular flexibility index (Phi) is 4.40. The van der Waals surface area contributed by atoms with Gasteiger partial charge in [0.05, 0.1) is 11.4 Å². The Bertz CT molecular complexity index is 1140. The molecule has 1 saturated heterocycles. The molecule has 1 heterocycles. The van der Waals surface area contributed by atoms with E-state index in [2.05, 4.69) is 18.7 Å². The highest BCUT2D eigenvalue weighted by Crippen LogP contribution is 2.32. The quantitative estimate of drug-likeness (QED) is 0.615. The van der Waals surface area contributed by atoms with Gasteiger partial charge in [-0.05, 0) is 41.8 Å². The van der Waals surface area contributed by atoms with E-state index >= 15 is 0 Å². The fraction of sp³-hybridized carbons (Fsp3) is 0.182. The summed E-state index contributed by atoms with van der Waals surface area (Å²) in [6.45, 7) is 6.52. The zero-order chi connectivity index (χ0) is 19.0. The van der Waals surface area contributed by atoms with Crippen LogP contribution in [0.4, 0.5) is 5.69 Å². The number of hydrogen-bond donors (Lipinski definition) is 0. The largest absolute Gasteiger partial charge is 0.457 e. The molecule has 3 aromatic rings. The van der Waals surface area contributed by atoms with Crippen molar-refractivity contribution in [3.63, 3.8) is 0 Å². The number of hydrogen-bond acceptors (Lipinski definition) is 3. The van der Waals surface area contributed by atoms with Crippen LogP contribution in [-0.4, -0.2) is 20.7 Å². The fourth-order valence-electron chi connectivity index (χ4n) is 3.34.